The zero-order valence-corrected chi connectivity index (χ0v) is 16.3. The summed E-state index contributed by atoms with van der Waals surface area (Å²) in [5, 5.41) is 3.48. The summed E-state index contributed by atoms with van der Waals surface area (Å²) in [5.41, 5.74) is 4.53. The number of halogens is 2. The molecule has 0 amide bonds. The maximum Gasteiger partial charge on any atom is 0.123 e. The molecule has 3 aromatic rings. The van der Waals surface area contributed by atoms with E-state index in [1.165, 1.54) is 23.8 Å². The van der Waals surface area contributed by atoms with Crippen LogP contribution >= 0.6 is 0 Å². The van der Waals surface area contributed by atoms with Gasteiger partial charge in [-0.2, -0.15) is 0 Å². The van der Waals surface area contributed by atoms with Crippen molar-refractivity contribution in [2.75, 3.05) is 13.1 Å². The highest BCUT2D eigenvalue weighted by Crippen LogP contribution is 2.26. The number of nitrogens with zero attached hydrogens (tertiary/aromatic N) is 2. The SMILES string of the molecule is Fc1ccc(CC2Cc3cc(F)ccc3CN2CCNCc2cccnc2)cc1. The maximum atomic E-state index is 13.7. The molecule has 2 heterocycles. The molecular formula is C24H25F2N3. The van der Waals surface area contributed by atoms with E-state index in [-0.39, 0.29) is 17.7 Å². The van der Waals surface area contributed by atoms with Crippen molar-refractivity contribution in [1.29, 1.82) is 0 Å². The first-order valence-electron chi connectivity index (χ1n) is 10.0. The molecule has 0 spiro atoms. The van der Waals surface area contributed by atoms with Crippen molar-refractivity contribution >= 4 is 0 Å². The predicted octanol–water partition coefficient (Wildman–Crippen LogP) is 4.12. The Bertz CT molecular complexity index is 929. The number of hydrogen-bond acceptors (Lipinski definition) is 3. The molecule has 0 fully saturated rings. The molecule has 1 aliphatic heterocycles. The lowest BCUT2D eigenvalue weighted by Crippen LogP contribution is -2.44. The van der Waals surface area contributed by atoms with E-state index in [1.807, 2.05) is 30.5 Å². The third-order valence-corrected chi connectivity index (χ3v) is 5.53. The molecule has 3 nitrogen and oxygen atoms in total. The molecule has 0 saturated heterocycles. The predicted molar refractivity (Wildman–Crippen MR) is 110 cm³/mol. The second-order valence-electron chi connectivity index (χ2n) is 7.61. The van der Waals surface area contributed by atoms with Gasteiger partial charge in [-0.1, -0.05) is 24.3 Å². The van der Waals surface area contributed by atoms with Crippen LogP contribution in [0.3, 0.4) is 0 Å². The summed E-state index contributed by atoms with van der Waals surface area (Å²) in [6, 6.07) is 16.0. The molecule has 2 aromatic carbocycles. The lowest BCUT2D eigenvalue weighted by atomic mass is 9.90. The van der Waals surface area contributed by atoms with E-state index in [2.05, 4.69) is 21.3 Å². The summed E-state index contributed by atoms with van der Waals surface area (Å²) in [6.45, 7) is 3.33. The summed E-state index contributed by atoms with van der Waals surface area (Å²) in [4.78, 5) is 6.59. The van der Waals surface area contributed by atoms with Gasteiger partial charge in [0.25, 0.3) is 0 Å². The second-order valence-corrected chi connectivity index (χ2v) is 7.61. The van der Waals surface area contributed by atoms with E-state index in [0.717, 1.165) is 55.7 Å². The van der Waals surface area contributed by atoms with E-state index in [0.29, 0.717) is 0 Å². The zero-order valence-electron chi connectivity index (χ0n) is 16.3. The van der Waals surface area contributed by atoms with Gasteiger partial charge in [-0.3, -0.25) is 9.88 Å². The van der Waals surface area contributed by atoms with E-state index in [1.54, 1.807) is 12.3 Å². The fraction of sp³-hybridized carbons (Fsp3) is 0.292. The largest absolute Gasteiger partial charge is 0.311 e. The number of rotatable bonds is 7. The van der Waals surface area contributed by atoms with Gasteiger partial charge in [0.15, 0.2) is 0 Å². The summed E-state index contributed by atoms with van der Waals surface area (Å²) in [7, 11) is 0. The Balaban J connectivity index is 1.42. The summed E-state index contributed by atoms with van der Waals surface area (Å²) < 4.78 is 27.0. The number of nitrogens with one attached hydrogen (secondary N) is 1. The van der Waals surface area contributed by atoms with Gasteiger partial charge >= 0.3 is 0 Å². The Hall–Kier alpha value is -2.63. The molecule has 1 atom stereocenters. The third-order valence-electron chi connectivity index (χ3n) is 5.53. The maximum absolute atomic E-state index is 13.7. The molecule has 150 valence electrons. The minimum atomic E-state index is -0.221. The van der Waals surface area contributed by atoms with Crippen LogP contribution < -0.4 is 5.32 Å². The van der Waals surface area contributed by atoms with E-state index in [9.17, 15) is 8.78 Å². The first kappa shape index (κ1) is 19.7. The van der Waals surface area contributed by atoms with Crippen molar-refractivity contribution in [3.8, 4) is 0 Å². The molecular weight excluding hydrogens is 368 g/mol. The average Bonchev–Trinajstić information content (AvgIpc) is 2.74. The van der Waals surface area contributed by atoms with Gasteiger partial charge in [0.2, 0.25) is 0 Å². The molecule has 1 N–H and O–H groups in total. The van der Waals surface area contributed by atoms with Crippen LogP contribution in [0.2, 0.25) is 0 Å². The van der Waals surface area contributed by atoms with Crippen molar-refractivity contribution in [3.05, 3.63) is 101 Å². The van der Waals surface area contributed by atoms with Gasteiger partial charge in [-0.25, -0.2) is 8.78 Å². The highest BCUT2D eigenvalue weighted by Gasteiger charge is 2.26. The van der Waals surface area contributed by atoms with Crippen molar-refractivity contribution in [1.82, 2.24) is 15.2 Å². The quantitative estimate of drug-likeness (QED) is 0.612. The highest BCUT2D eigenvalue weighted by atomic mass is 19.1. The number of fused-ring (bicyclic) bond motifs is 1. The van der Waals surface area contributed by atoms with Crippen LogP contribution in [0.1, 0.15) is 22.3 Å². The van der Waals surface area contributed by atoms with Crippen LogP contribution in [0.25, 0.3) is 0 Å². The van der Waals surface area contributed by atoms with E-state index < -0.39 is 0 Å². The van der Waals surface area contributed by atoms with Gasteiger partial charge in [0, 0.05) is 44.6 Å². The summed E-state index contributed by atoms with van der Waals surface area (Å²) >= 11 is 0. The van der Waals surface area contributed by atoms with E-state index >= 15 is 0 Å². The van der Waals surface area contributed by atoms with Crippen molar-refractivity contribution < 1.29 is 8.78 Å². The lowest BCUT2D eigenvalue weighted by Gasteiger charge is -2.37. The minimum Gasteiger partial charge on any atom is -0.311 e. The van der Waals surface area contributed by atoms with Crippen LogP contribution in [0.4, 0.5) is 8.78 Å². The fourth-order valence-electron chi connectivity index (χ4n) is 3.98. The molecule has 29 heavy (non-hydrogen) atoms. The number of aromatic nitrogens is 1. The third kappa shape index (κ3) is 5.25. The Kier molecular flexibility index (Phi) is 6.27. The molecule has 1 unspecified atom stereocenters. The Morgan fingerprint density at radius 1 is 0.966 bits per heavy atom. The number of hydrogen-bond donors (Lipinski definition) is 1. The Morgan fingerprint density at radius 2 is 1.79 bits per heavy atom. The molecule has 0 bridgehead atoms. The van der Waals surface area contributed by atoms with E-state index in [4.69, 9.17) is 0 Å². The lowest BCUT2D eigenvalue weighted by molar-refractivity contribution is 0.170. The highest BCUT2D eigenvalue weighted by molar-refractivity contribution is 5.32. The molecule has 0 aliphatic carbocycles. The van der Waals surface area contributed by atoms with Crippen LogP contribution in [0, 0.1) is 11.6 Å². The molecule has 0 radical (unpaired) electrons. The summed E-state index contributed by atoms with van der Waals surface area (Å²) in [5.74, 6) is -0.405. The van der Waals surface area contributed by atoms with Crippen molar-refractivity contribution in [3.63, 3.8) is 0 Å². The Morgan fingerprint density at radius 3 is 2.59 bits per heavy atom. The van der Waals surface area contributed by atoms with Gasteiger partial charge in [-0.05, 0) is 65.4 Å². The number of benzene rings is 2. The molecule has 5 heteroatoms. The van der Waals surface area contributed by atoms with Crippen molar-refractivity contribution in [2.45, 2.75) is 32.0 Å². The molecule has 1 aromatic heterocycles. The summed E-state index contributed by atoms with van der Waals surface area (Å²) in [6.07, 6.45) is 5.26. The van der Waals surface area contributed by atoms with Crippen molar-refractivity contribution in [2.24, 2.45) is 0 Å². The van der Waals surface area contributed by atoms with Gasteiger partial charge < -0.3 is 5.32 Å². The van der Waals surface area contributed by atoms with Gasteiger partial charge in [0.1, 0.15) is 11.6 Å². The van der Waals surface area contributed by atoms with Crippen LogP contribution in [-0.4, -0.2) is 29.0 Å². The monoisotopic (exact) mass is 393 g/mol. The molecule has 0 saturated carbocycles. The first-order valence-corrected chi connectivity index (χ1v) is 10.0. The second kappa shape index (κ2) is 9.25. The van der Waals surface area contributed by atoms with Gasteiger partial charge in [0.05, 0.1) is 0 Å². The first-order chi connectivity index (χ1) is 14.2. The van der Waals surface area contributed by atoms with Gasteiger partial charge in [-0.15, -0.1) is 0 Å². The average molecular weight is 393 g/mol. The fourth-order valence-corrected chi connectivity index (χ4v) is 3.98. The smallest absolute Gasteiger partial charge is 0.123 e. The Labute approximate surface area is 170 Å². The van der Waals surface area contributed by atoms with Crippen LogP contribution in [0.5, 0.6) is 0 Å². The van der Waals surface area contributed by atoms with Crippen LogP contribution in [-0.2, 0) is 25.9 Å². The minimum absolute atomic E-state index is 0.184. The number of pyridine rings is 1. The zero-order chi connectivity index (χ0) is 20.1. The molecule has 4 rings (SSSR count). The topological polar surface area (TPSA) is 28.2 Å². The standard InChI is InChI=1S/C24H25F2N3/c25-22-6-3-18(4-7-22)12-24-14-21-13-23(26)8-5-20(21)17-29(24)11-10-28-16-19-2-1-9-27-15-19/h1-9,13,15,24,28H,10-12,14,16-17H2. The molecule has 1 aliphatic rings. The normalized spacial score (nSPS) is 16.6. The van der Waals surface area contributed by atoms with Crippen LogP contribution in [0.15, 0.2) is 67.0 Å².